The van der Waals surface area contributed by atoms with Crippen LogP contribution < -0.4 is 10.6 Å². The molecule has 0 aliphatic heterocycles. The molecule has 122 valence electrons. The molecule has 2 aromatic rings. The molecule has 0 bridgehead atoms. The van der Waals surface area contributed by atoms with E-state index in [-0.39, 0.29) is 23.8 Å². The van der Waals surface area contributed by atoms with Crippen LogP contribution in [-0.4, -0.2) is 24.2 Å². The highest BCUT2D eigenvalue weighted by atomic mass is 19.1. The SMILES string of the molecule is O=C(NCC(O)c1ccco1)NCC1(c2cccc(F)c2)CC1. The molecule has 5 nitrogen and oxygen atoms in total. The van der Waals surface area contributed by atoms with Gasteiger partial charge in [0.05, 0.1) is 12.8 Å². The van der Waals surface area contributed by atoms with Crippen LogP contribution in [0.15, 0.2) is 47.1 Å². The number of aliphatic hydroxyl groups excluding tert-OH is 1. The summed E-state index contributed by atoms with van der Waals surface area (Å²) in [5.41, 5.74) is 0.743. The van der Waals surface area contributed by atoms with Crippen LogP contribution in [0.2, 0.25) is 0 Å². The molecule has 1 aromatic heterocycles. The summed E-state index contributed by atoms with van der Waals surface area (Å²) in [6, 6.07) is 9.46. The van der Waals surface area contributed by atoms with E-state index >= 15 is 0 Å². The monoisotopic (exact) mass is 318 g/mol. The van der Waals surface area contributed by atoms with E-state index in [0.717, 1.165) is 18.4 Å². The van der Waals surface area contributed by atoms with Crippen molar-refractivity contribution in [1.82, 2.24) is 10.6 Å². The lowest BCUT2D eigenvalue weighted by atomic mass is 9.96. The number of furan rings is 1. The van der Waals surface area contributed by atoms with Crippen molar-refractivity contribution in [3.63, 3.8) is 0 Å². The summed E-state index contributed by atoms with van der Waals surface area (Å²) in [5.74, 6) is 0.142. The molecular formula is C17H19FN2O3. The Labute approximate surface area is 133 Å². The van der Waals surface area contributed by atoms with Gasteiger partial charge in [-0.1, -0.05) is 12.1 Å². The minimum absolute atomic E-state index is 0.0618. The van der Waals surface area contributed by atoms with Gasteiger partial charge in [0.1, 0.15) is 17.7 Å². The Kier molecular flexibility index (Phi) is 4.34. The van der Waals surface area contributed by atoms with E-state index in [1.54, 1.807) is 18.2 Å². The van der Waals surface area contributed by atoms with Crippen LogP contribution in [0.3, 0.4) is 0 Å². The number of hydrogen-bond acceptors (Lipinski definition) is 3. The smallest absolute Gasteiger partial charge is 0.314 e. The topological polar surface area (TPSA) is 74.5 Å². The molecule has 6 heteroatoms. The highest BCUT2D eigenvalue weighted by Crippen LogP contribution is 2.47. The second-order valence-electron chi connectivity index (χ2n) is 5.89. The molecule has 1 atom stereocenters. The predicted molar refractivity (Wildman–Crippen MR) is 82.4 cm³/mol. The molecule has 3 N–H and O–H groups in total. The summed E-state index contributed by atoms with van der Waals surface area (Å²) in [5, 5.41) is 15.2. The largest absolute Gasteiger partial charge is 0.467 e. The minimum atomic E-state index is -0.881. The number of carbonyl (C=O) groups is 1. The molecular weight excluding hydrogens is 299 g/mol. The number of amides is 2. The second kappa shape index (κ2) is 6.42. The predicted octanol–water partition coefficient (Wildman–Crippen LogP) is 2.48. The Morgan fingerprint density at radius 3 is 2.78 bits per heavy atom. The second-order valence-corrected chi connectivity index (χ2v) is 5.89. The number of halogens is 1. The zero-order valence-corrected chi connectivity index (χ0v) is 12.6. The standard InChI is InChI=1S/C17H19FN2O3/c18-13-4-1-3-12(9-13)17(6-7-17)11-20-16(22)19-10-14(21)15-5-2-8-23-15/h1-5,8-9,14,21H,6-7,10-11H2,(H2,19,20,22). The van der Waals surface area contributed by atoms with Gasteiger partial charge < -0.3 is 20.2 Å². The van der Waals surface area contributed by atoms with Crippen molar-refractivity contribution >= 4 is 6.03 Å². The molecule has 3 rings (SSSR count). The van der Waals surface area contributed by atoms with Gasteiger partial charge in [0.15, 0.2) is 0 Å². The van der Waals surface area contributed by atoms with E-state index in [0.29, 0.717) is 12.3 Å². The van der Waals surface area contributed by atoms with E-state index in [1.807, 2.05) is 6.07 Å². The van der Waals surface area contributed by atoms with Crippen molar-refractivity contribution in [2.45, 2.75) is 24.4 Å². The summed E-state index contributed by atoms with van der Waals surface area (Å²) in [6.45, 7) is 0.505. The Morgan fingerprint density at radius 1 is 1.30 bits per heavy atom. The summed E-state index contributed by atoms with van der Waals surface area (Å²) >= 11 is 0. The molecule has 1 heterocycles. The van der Waals surface area contributed by atoms with Gasteiger partial charge in [-0.3, -0.25) is 0 Å². The Bertz CT molecular complexity index is 668. The van der Waals surface area contributed by atoms with Crippen molar-refractivity contribution in [3.8, 4) is 0 Å². The number of hydrogen-bond donors (Lipinski definition) is 3. The maximum atomic E-state index is 13.3. The first-order chi connectivity index (χ1) is 11.1. The number of urea groups is 1. The average molecular weight is 318 g/mol. The Morgan fingerprint density at radius 2 is 2.13 bits per heavy atom. The third-order valence-electron chi connectivity index (χ3n) is 4.21. The number of rotatable bonds is 6. The van der Waals surface area contributed by atoms with Crippen molar-refractivity contribution in [1.29, 1.82) is 0 Å². The summed E-state index contributed by atoms with van der Waals surface area (Å²) in [7, 11) is 0. The molecule has 0 saturated heterocycles. The molecule has 1 fully saturated rings. The number of aliphatic hydroxyl groups is 1. The number of carbonyl (C=O) groups excluding carboxylic acids is 1. The average Bonchev–Trinajstić information content (AvgIpc) is 3.14. The lowest BCUT2D eigenvalue weighted by molar-refractivity contribution is 0.148. The highest BCUT2D eigenvalue weighted by Gasteiger charge is 2.44. The van der Waals surface area contributed by atoms with E-state index in [1.165, 1.54) is 18.4 Å². The van der Waals surface area contributed by atoms with Crippen LogP contribution in [0.1, 0.15) is 30.3 Å². The fourth-order valence-corrected chi connectivity index (χ4v) is 2.62. The maximum Gasteiger partial charge on any atom is 0.314 e. The van der Waals surface area contributed by atoms with Crippen LogP contribution in [-0.2, 0) is 5.41 Å². The van der Waals surface area contributed by atoms with Gasteiger partial charge >= 0.3 is 6.03 Å². The van der Waals surface area contributed by atoms with Gasteiger partial charge in [0.25, 0.3) is 0 Å². The summed E-state index contributed by atoms with van der Waals surface area (Å²) in [6.07, 6.45) is 2.43. The van der Waals surface area contributed by atoms with E-state index in [4.69, 9.17) is 4.42 Å². The molecule has 1 aliphatic carbocycles. The molecule has 0 radical (unpaired) electrons. The van der Waals surface area contributed by atoms with E-state index in [2.05, 4.69) is 10.6 Å². The normalized spacial score (nSPS) is 16.6. The zero-order chi connectivity index (χ0) is 16.3. The first-order valence-electron chi connectivity index (χ1n) is 7.58. The van der Waals surface area contributed by atoms with Gasteiger partial charge in [-0.25, -0.2) is 9.18 Å². The van der Waals surface area contributed by atoms with E-state index in [9.17, 15) is 14.3 Å². The summed E-state index contributed by atoms with van der Waals surface area (Å²) in [4.78, 5) is 11.9. The molecule has 1 saturated carbocycles. The van der Waals surface area contributed by atoms with Gasteiger partial charge in [-0.2, -0.15) is 0 Å². The summed E-state index contributed by atoms with van der Waals surface area (Å²) < 4.78 is 18.4. The highest BCUT2D eigenvalue weighted by molar-refractivity contribution is 5.74. The molecule has 23 heavy (non-hydrogen) atoms. The van der Waals surface area contributed by atoms with Gasteiger partial charge in [0.2, 0.25) is 0 Å². The molecule has 1 aliphatic rings. The third kappa shape index (κ3) is 3.71. The van der Waals surface area contributed by atoms with Gasteiger partial charge in [-0.15, -0.1) is 0 Å². The van der Waals surface area contributed by atoms with Crippen LogP contribution in [0.4, 0.5) is 9.18 Å². The first kappa shape index (κ1) is 15.6. The molecule has 0 spiro atoms. The van der Waals surface area contributed by atoms with Crippen LogP contribution in [0.25, 0.3) is 0 Å². The first-order valence-corrected chi connectivity index (χ1v) is 7.58. The van der Waals surface area contributed by atoms with Crippen molar-refractivity contribution in [3.05, 3.63) is 59.8 Å². The lowest BCUT2D eigenvalue weighted by Crippen LogP contribution is -2.41. The van der Waals surface area contributed by atoms with E-state index < -0.39 is 6.10 Å². The van der Waals surface area contributed by atoms with Crippen LogP contribution in [0.5, 0.6) is 0 Å². The third-order valence-corrected chi connectivity index (χ3v) is 4.21. The zero-order valence-electron chi connectivity index (χ0n) is 12.6. The van der Waals surface area contributed by atoms with Gasteiger partial charge in [0, 0.05) is 12.0 Å². The van der Waals surface area contributed by atoms with Crippen molar-refractivity contribution < 1.29 is 18.7 Å². The van der Waals surface area contributed by atoms with Crippen molar-refractivity contribution in [2.75, 3.05) is 13.1 Å². The van der Waals surface area contributed by atoms with Crippen LogP contribution in [0, 0.1) is 5.82 Å². The van der Waals surface area contributed by atoms with Crippen LogP contribution >= 0.6 is 0 Å². The van der Waals surface area contributed by atoms with Gasteiger partial charge in [-0.05, 0) is 42.7 Å². The fraction of sp³-hybridized carbons (Fsp3) is 0.353. The maximum absolute atomic E-state index is 13.3. The Hall–Kier alpha value is -2.34. The quantitative estimate of drug-likeness (QED) is 0.766. The number of benzene rings is 1. The van der Waals surface area contributed by atoms with Crippen molar-refractivity contribution in [2.24, 2.45) is 0 Å². The molecule has 1 unspecified atom stereocenters. The minimum Gasteiger partial charge on any atom is -0.467 e. The Balaban J connectivity index is 1.47. The number of nitrogens with one attached hydrogen (secondary N) is 2. The fourth-order valence-electron chi connectivity index (χ4n) is 2.62. The molecule has 1 aromatic carbocycles. The lowest BCUT2D eigenvalue weighted by Gasteiger charge is -2.17. The molecule has 2 amide bonds.